The topological polar surface area (TPSA) is 124 Å². The van der Waals surface area contributed by atoms with Crippen LogP contribution in [-0.4, -0.2) is 55.6 Å². The Balaban J connectivity index is 1.84. The van der Waals surface area contributed by atoms with Crippen LogP contribution in [0.15, 0.2) is 24.3 Å². The predicted octanol–water partition coefficient (Wildman–Crippen LogP) is 0.101. The van der Waals surface area contributed by atoms with E-state index in [4.69, 9.17) is 0 Å². The van der Waals surface area contributed by atoms with Crippen molar-refractivity contribution in [3.63, 3.8) is 0 Å². The van der Waals surface area contributed by atoms with Crippen molar-refractivity contribution in [2.45, 2.75) is 25.0 Å². The predicted molar refractivity (Wildman–Crippen MR) is 82.5 cm³/mol. The molecule has 0 radical (unpaired) electrons. The molecule has 2 aromatic rings. The van der Waals surface area contributed by atoms with Crippen molar-refractivity contribution in [1.29, 1.82) is 0 Å². The Labute approximate surface area is 142 Å². The maximum absolute atomic E-state index is 14.3. The molecule has 0 saturated carbocycles. The normalized spacial score (nSPS) is 23.5. The number of aromatic amines is 1. The Morgan fingerprint density at radius 1 is 1.44 bits per heavy atom. The zero-order valence-corrected chi connectivity index (χ0v) is 13.4. The number of aliphatic carboxylic acids is 1. The number of tetrazole rings is 1. The molecule has 2 heterocycles. The third-order valence-corrected chi connectivity index (χ3v) is 4.44. The van der Waals surface area contributed by atoms with Crippen LogP contribution in [0.25, 0.3) is 0 Å². The van der Waals surface area contributed by atoms with Gasteiger partial charge in [0, 0.05) is 11.6 Å². The second kappa shape index (κ2) is 6.93. The van der Waals surface area contributed by atoms with E-state index in [-0.39, 0.29) is 18.9 Å². The van der Waals surface area contributed by atoms with Gasteiger partial charge in [-0.25, -0.2) is 4.39 Å². The number of carboxylic acids is 1. The molecule has 25 heavy (non-hydrogen) atoms. The van der Waals surface area contributed by atoms with Gasteiger partial charge >= 0.3 is 5.97 Å². The van der Waals surface area contributed by atoms with E-state index in [1.165, 1.54) is 11.0 Å². The van der Waals surface area contributed by atoms with Gasteiger partial charge < -0.3 is 10.4 Å². The molecular weight excluding hydrogens is 331 g/mol. The molecule has 10 heteroatoms. The number of aromatic nitrogens is 4. The van der Waals surface area contributed by atoms with Gasteiger partial charge in [-0.1, -0.05) is 23.4 Å². The number of nitrogens with one attached hydrogen (secondary N) is 2. The number of carbonyl (C=O) groups is 2. The number of nitrogens with zero attached hydrogens (tertiary/aromatic N) is 4. The van der Waals surface area contributed by atoms with E-state index in [1.807, 2.05) is 0 Å². The van der Waals surface area contributed by atoms with Gasteiger partial charge in [-0.2, -0.15) is 5.21 Å². The summed E-state index contributed by atoms with van der Waals surface area (Å²) in [6.07, 6.45) is 0.0862. The van der Waals surface area contributed by atoms with Gasteiger partial charge in [0.1, 0.15) is 11.9 Å². The first kappa shape index (κ1) is 17.0. The molecule has 1 amide bonds. The lowest BCUT2D eigenvalue weighted by atomic mass is 9.92. The van der Waals surface area contributed by atoms with E-state index in [2.05, 4.69) is 25.9 Å². The van der Waals surface area contributed by atoms with Crippen molar-refractivity contribution in [3.8, 4) is 0 Å². The number of likely N-dealkylation sites (tertiary alicyclic amines) is 1. The lowest BCUT2D eigenvalue weighted by Crippen LogP contribution is -2.36. The second-order valence-electron chi connectivity index (χ2n) is 5.87. The molecule has 0 aliphatic carbocycles. The van der Waals surface area contributed by atoms with Crippen LogP contribution in [0.4, 0.5) is 4.39 Å². The maximum Gasteiger partial charge on any atom is 0.320 e. The van der Waals surface area contributed by atoms with E-state index in [0.29, 0.717) is 11.4 Å². The molecule has 3 N–H and O–H groups in total. The number of hydrogen-bond acceptors (Lipinski definition) is 6. The third-order valence-electron chi connectivity index (χ3n) is 4.44. The van der Waals surface area contributed by atoms with Gasteiger partial charge in [-0.15, -0.1) is 10.2 Å². The average Bonchev–Trinajstić information content (AvgIpc) is 3.21. The highest BCUT2D eigenvalue weighted by molar-refractivity contribution is 5.83. The van der Waals surface area contributed by atoms with Crippen LogP contribution < -0.4 is 5.32 Å². The quantitative estimate of drug-likeness (QED) is 0.700. The standard InChI is InChI=1S/C15H17FN6O3/c1-22-11(15(24)25)6-9(13(22)8-4-2-3-5-10(8)16)14(23)17-7-12-18-20-21-19-12/h2-5,9,11,13H,6-7H2,1H3,(H,17,23)(H,24,25)(H,18,19,20,21)/t9-,11-,13-/m0/s1. The van der Waals surface area contributed by atoms with Crippen LogP contribution in [0.5, 0.6) is 0 Å². The summed E-state index contributed by atoms with van der Waals surface area (Å²) >= 11 is 0. The smallest absolute Gasteiger partial charge is 0.320 e. The maximum atomic E-state index is 14.3. The monoisotopic (exact) mass is 348 g/mol. The fourth-order valence-electron chi connectivity index (χ4n) is 3.24. The molecule has 0 bridgehead atoms. The Morgan fingerprint density at radius 2 is 2.20 bits per heavy atom. The highest BCUT2D eigenvalue weighted by Gasteiger charge is 2.47. The van der Waals surface area contributed by atoms with Crippen LogP contribution in [0.1, 0.15) is 23.9 Å². The number of rotatable bonds is 5. The van der Waals surface area contributed by atoms with Crippen molar-refractivity contribution in [2.24, 2.45) is 5.92 Å². The van der Waals surface area contributed by atoms with Crippen molar-refractivity contribution in [3.05, 3.63) is 41.5 Å². The fourth-order valence-corrected chi connectivity index (χ4v) is 3.24. The number of carbonyl (C=O) groups excluding carboxylic acids is 1. The minimum absolute atomic E-state index is 0.0529. The number of hydrogen-bond donors (Lipinski definition) is 3. The summed E-state index contributed by atoms with van der Waals surface area (Å²) in [5, 5.41) is 25.2. The van der Waals surface area contributed by atoms with Crippen LogP contribution in [0.2, 0.25) is 0 Å². The molecule has 1 aromatic carbocycles. The number of carboxylic acid groups (broad SMARTS) is 1. The van der Waals surface area contributed by atoms with Crippen LogP contribution in [0.3, 0.4) is 0 Å². The van der Waals surface area contributed by atoms with Gasteiger partial charge in [0.25, 0.3) is 0 Å². The highest BCUT2D eigenvalue weighted by atomic mass is 19.1. The SMILES string of the molecule is CN1[C@H](C(=O)O)C[C@H](C(=O)NCc2nn[nH]n2)[C@@H]1c1ccccc1F. The minimum atomic E-state index is -1.04. The van der Waals surface area contributed by atoms with Gasteiger partial charge in [-0.3, -0.25) is 14.5 Å². The molecule has 1 aliphatic rings. The van der Waals surface area contributed by atoms with E-state index in [9.17, 15) is 19.1 Å². The Kier molecular flexibility index (Phi) is 4.70. The molecule has 1 saturated heterocycles. The van der Waals surface area contributed by atoms with E-state index in [1.54, 1.807) is 25.2 Å². The molecule has 1 aliphatic heterocycles. The molecule has 9 nitrogen and oxygen atoms in total. The zero-order chi connectivity index (χ0) is 18.0. The molecule has 1 fully saturated rings. The molecule has 132 valence electrons. The largest absolute Gasteiger partial charge is 0.480 e. The average molecular weight is 348 g/mol. The summed E-state index contributed by atoms with van der Waals surface area (Å²) < 4.78 is 14.3. The summed E-state index contributed by atoms with van der Waals surface area (Å²) in [4.78, 5) is 25.6. The Bertz CT molecular complexity index is 768. The number of benzene rings is 1. The van der Waals surface area contributed by atoms with Crippen molar-refractivity contribution >= 4 is 11.9 Å². The van der Waals surface area contributed by atoms with Crippen LogP contribution in [-0.2, 0) is 16.1 Å². The van der Waals surface area contributed by atoms with E-state index < -0.39 is 29.8 Å². The first-order chi connectivity index (χ1) is 12.0. The van der Waals surface area contributed by atoms with E-state index in [0.717, 1.165) is 0 Å². The number of amides is 1. The summed E-state index contributed by atoms with van der Waals surface area (Å²) in [6.45, 7) is 0.0529. The van der Waals surface area contributed by atoms with Gasteiger partial charge in [0.05, 0.1) is 12.5 Å². The van der Waals surface area contributed by atoms with Gasteiger partial charge in [0.15, 0.2) is 5.82 Å². The van der Waals surface area contributed by atoms with Crippen molar-refractivity contribution < 1.29 is 19.1 Å². The van der Waals surface area contributed by atoms with Gasteiger partial charge in [-0.05, 0) is 19.5 Å². The summed E-state index contributed by atoms with van der Waals surface area (Å²) in [6, 6.07) is 4.53. The number of H-pyrrole nitrogens is 1. The molecule has 3 rings (SSSR count). The van der Waals surface area contributed by atoms with Crippen LogP contribution >= 0.6 is 0 Å². The lowest BCUT2D eigenvalue weighted by molar-refractivity contribution is -0.142. The van der Waals surface area contributed by atoms with Gasteiger partial charge in [0.2, 0.25) is 5.91 Å². The second-order valence-corrected chi connectivity index (χ2v) is 5.87. The number of likely N-dealkylation sites (N-methyl/N-ethyl adjacent to an activating group) is 1. The minimum Gasteiger partial charge on any atom is -0.480 e. The third kappa shape index (κ3) is 3.33. The Hall–Kier alpha value is -2.88. The summed E-state index contributed by atoms with van der Waals surface area (Å²) in [5.74, 6) is -2.31. The molecule has 0 spiro atoms. The van der Waals surface area contributed by atoms with Crippen molar-refractivity contribution in [2.75, 3.05) is 7.05 Å². The van der Waals surface area contributed by atoms with Crippen molar-refractivity contribution in [1.82, 2.24) is 30.8 Å². The molecule has 0 unspecified atom stereocenters. The summed E-state index contributed by atoms with van der Waals surface area (Å²) in [7, 11) is 1.59. The molecular formula is C15H17FN6O3. The Morgan fingerprint density at radius 3 is 2.84 bits per heavy atom. The first-order valence-corrected chi connectivity index (χ1v) is 7.68. The first-order valence-electron chi connectivity index (χ1n) is 7.68. The number of halogens is 1. The zero-order valence-electron chi connectivity index (χ0n) is 13.4. The van der Waals surface area contributed by atoms with Crippen LogP contribution in [0, 0.1) is 11.7 Å². The molecule has 1 aromatic heterocycles. The highest BCUT2D eigenvalue weighted by Crippen LogP contribution is 2.41. The van der Waals surface area contributed by atoms with E-state index >= 15 is 0 Å². The fraction of sp³-hybridized carbons (Fsp3) is 0.400. The lowest BCUT2D eigenvalue weighted by Gasteiger charge is -2.26. The molecule has 3 atom stereocenters. The summed E-state index contributed by atoms with van der Waals surface area (Å²) in [5.41, 5.74) is 0.300.